The molecule has 1 saturated heterocycles. The maximum Gasteiger partial charge on any atom is 0.421 e. The van der Waals surface area contributed by atoms with Crippen LogP contribution in [0.4, 0.5) is 13.2 Å². The van der Waals surface area contributed by atoms with Gasteiger partial charge >= 0.3 is 12.1 Å². The second-order valence-electron chi connectivity index (χ2n) is 7.01. The lowest BCUT2D eigenvalue weighted by molar-refractivity contribution is -0.151. The first-order valence-corrected chi connectivity index (χ1v) is 9.49. The molecular formula is C19H24F3N3O5. The van der Waals surface area contributed by atoms with Crippen LogP contribution in [0.3, 0.4) is 0 Å². The Morgan fingerprint density at radius 2 is 1.87 bits per heavy atom. The Hall–Kier alpha value is -2.85. The minimum absolute atomic E-state index is 0.263. The second-order valence-corrected chi connectivity index (χ2v) is 7.01. The predicted molar refractivity (Wildman–Crippen MR) is 99.3 cm³/mol. The fraction of sp³-hybridized carbons (Fsp3) is 0.579. The number of amides is 2. The topological polar surface area (TPSA) is 88.9 Å². The summed E-state index contributed by atoms with van der Waals surface area (Å²) in [5.41, 5.74) is -2.68. The first-order chi connectivity index (χ1) is 14.0. The van der Waals surface area contributed by atoms with Gasteiger partial charge in [0, 0.05) is 26.3 Å². The zero-order valence-electron chi connectivity index (χ0n) is 16.8. The Labute approximate surface area is 171 Å². The Kier molecular flexibility index (Phi) is 7.63. The van der Waals surface area contributed by atoms with Crippen LogP contribution in [0.15, 0.2) is 23.1 Å². The number of aromatic nitrogens is 1. The number of ether oxygens (including phenoxy) is 1. The third-order valence-corrected chi connectivity index (χ3v) is 4.90. The van der Waals surface area contributed by atoms with E-state index in [0.717, 1.165) is 17.2 Å². The van der Waals surface area contributed by atoms with Crippen molar-refractivity contribution in [3.05, 3.63) is 34.2 Å². The Morgan fingerprint density at radius 3 is 2.43 bits per heavy atom. The lowest BCUT2D eigenvalue weighted by Crippen LogP contribution is -2.46. The van der Waals surface area contributed by atoms with Crippen molar-refractivity contribution in [2.45, 2.75) is 32.5 Å². The number of esters is 1. The number of nitrogens with zero attached hydrogens (tertiary/aromatic N) is 3. The van der Waals surface area contributed by atoms with E-state index in [1.807, 2.05) is 0 Å². The largest absolute Gasteiger partial charge is 0.466 e. The van der Waals surface area contributed by atoms with Gasteiger partial charge in [0.05, 0.1) is 19.1 Å². The van der Waals surface area contributed by atoms with E-state index in [1.165, 1.54) is 11.9 Å². The minimum Gasteiger partial charge on any atom is -0.466 e. The number of carbonyl (C=O) groups excluding carboxylic acids is 3. The number of hydrogen-bond acceptors (Lipinski definition) is 5. The highest BCUT2D eigenvalue weighted by molar-refractivity contribution is 5.84. The van der Waals surface area contributed by atoms with Crippen molar-refractivity contribution in [1.29, 1.82) is 0 Å². The van der Waals surface area contributed by atoms with Crippen LogP contribution in [0.5, 0.6) is 0 Å². The van der Waals surface area contributed by atoms with Crippen molar-refractivity contribution >= 4 is 17.8 Å². The number of halogens is 3. The first-order valence-electron chi connectivity index (χ1n) is 9.49. The average molecular weight is 431 g/mol. The molecule has 0 bridgehead atoms. The number of hydrogen-bond donors (Lipinski definition) is 0. The molecule has 1 aliphatic heterocycles. The first kappa shape index (κ1) is 23.4. The molecule has 11 heteroatoms. The number of piperidine rings is 1. The maximum absolute atomic E-state index is 12.8. The molecule has 30 heavy (non-hydrogen) atoms. The molecule has 0 saturated carbocycles. The van der Waals surface area contributed by atoms with Crippen molar-refractivity contribution in [3.63, 3.8) is 0 Å². The summed E-state index contributed by atoms with van der Waals surface area (Å²) in [6.07, 6.45) is -2.81. The van der Waals surface area contributed by atoms with Crippen molar-refractivity contribution in [2.75, 3.05) is 33.3 Å². The molecule has 0 aromatic carbocycles. The van der Waals surface area contributed by atoms with Gasteiger partial charge in [-0.05, 0) is 31.9 Å². The molecule has 1 aromatic heterocycles. The normalized spacial score (nSPS) is 15.0. The summed E-state index contributed by atoms with van der Waals surface area (Å²) in [4.78, 5) is 51.0. The molecule has 166 valence electrons. The predicted octanol–water partition coefficient (Wildman–Crippen LogP) is 1.13. The Bertz CT molecular complexity index is 845. The van der Waals surface area contributed by atoms with Gasteiger partial charge in [0.2, 0.25) is 11.8 Å². The van der Waals surface area contributed by atoms with Gasteiger partial charge in [0.25, 0.3) is 5.56 Å². The molecule has 0 aliphatic carbocycles. The van der Waals surface area contributed by atoms with Crippen molar-refractivity contribution in [3.8, 4) is 0 Å². The van der Waals surface area contributed by atoms with Gasteiger partial charge in [-0.25, -0.2) is 0 Å². The molecule has 8 nitrogen and oxygen atoms in total. The average Bonchev–Trinajstić information content (AvgIpc) is 2.68. The van der Waals surface area contributed by atoms with Gasteiger partial charge in [0.15, 0.2) is 0 Å². The standard InChI is InChI=1S/C19H24F3N3O5/c1-3-30-18(29)13-6-9-24(10-7-13)16(27)11-23(2)15(26)12-25-8-4-5-14(17(25)28)19(20,21)22/h4-5,8,13H,3,6-7,9-12H2,1-2H3. The fourth-order valence-electron chi connectivity index (χ4n) is 3.16. The van der Waals surface area contributed by atoms with E-state index >= 15 is 0 Å². The monoisotopic (exact) mass is 431 g/mol. The lowest BCUT2D eigenvalue weighted by Gasteiger charge is -2.32. The van der Waals surface area contributed by atoms with Crippen molar-refractivity contribution in [2.24, 2.45) is 5.92 Å². The highest BCUT2D eigenvalue weighted by atomic mass is 19.4. The highest BCUT2D eigenvalue weighted by Gasteiger charge is 2.34. The summed E-state index contributed by atoms with van der Waals surface area (Å²) in [7, 11) is 1.34. The van der Waals surface area contributed by atoms with Crippen LogP contribution in [0.1, 0.15) is 25.3 Å². The zero-order chi connectivity index (χ0) is 22.5. The van der Waals surface area contributed by atoms with Crippen LogP contribution in [0.25, 0.3) is 0 Å². The van der Waals surface area contributed by atoms with Gasteiger partial charge in [0.1, 0.15) is 12.1 Å². The summed E-state index contributed by atoms with van der Waals surface area (Å²) in [5.74, 6) is -1.57. The van der Waals surface area contributed by atoms with E-state index in [4.69, 9.17) is 4.74 Å². The molecule has 2 amide bonds. The van der Waals surface area contributed by atoms with Crippen molar-refractivity contribution < 1.29 is 32.3 Å². The van der Waals surface area contributed by atoms with E-state index in [1.54, 1.807) is 6.92 Å². The van der Waals surface area contributed by atoms with Crippen LogP contribution >= 0.6 is 0 Å². The van der Waals surface area contributed by atoms with Crippen LogP contribution < -0.4 is 5.56 Å². The van der Waals surface area contributed by atoms with E-state index in [0.29, 0.717) is 43.2 Å². The Morgan fingerprint density at radius 1 is 1.23 bits per heavy atom. The smallest absolute Gasteiger partial charge is 0.421 e. The van der Waals surface area contributed by atoms with Crippen LogP contribution in [0.2, 0.25) is 0 Å². The molecule has 2 heterocycles. The van der Waals surface area contributed by atoms with Gasteiger partial charge in [-0.3, -0.25) is 19.2 Å². The fourth-order valence-corrected chi connectivity index (χ4v) is 3.16. The van der Waals surface area contributed by atoms with Crippen LogP contribution in [-0.2, 0) is 31.8 Å². The van der Waals surface area contributed by atoms with Gasteiger partial charge in [-0.15, -0.1) is 0 Å². The van der Waals surface area contributed by atoms with Gasteiger partial charge < -0.3 is 19.1 Å². The summed E-state index contributed by atoms with van der Waals surface area (Å²) in [6.45, 7) is 1.81. The van der Waals surface area contributed by atoms with E-state index < -0.39 is 29.8 Å². The summed E-state index contributed by atoms with van der Waals surface area (Å²) in [5, 5.41) is 0. The molecule has 1 fully saturated rings. The number of likely N-dealkylation sites (N-methyl/N-ethyl adjacent to an activating group) is 1. The molecule has 2 rings (SSSR count). The summed E-state index contributed by atoms with van der Waals surface area (Å²) in [6, 6.07) is 1.69. The van der Waals surface area contributed by atoms with Crippen LogP contribution in [0, 0.1) is 5.92 Å². The molecule has 0 atom stereocenters. The molecule has 1 aromatic rings. The van der Waals surface area contributed by atoms with Gasteiger partial charge in [-0.1, -0.05) is 0 Å². The number of pyridine rings is 1. The number of likely N-dealkylation sites (tertiary alicyclic amines) is 1. The number of rotatable bonds is 6. The van der Waals surface area contributed by atoms with E-state index in [2.05, 4.69) is 0 Å². The van der Waals surface area contributed by atoms with E-state index in [9.17, 15) is 32.3 Å². The third-order valence-electron chi connectivity index (χ3n) is 4.90. The van der Waals surface area contributed by atoms with E-state index in [-0.39, 0.29) is 24.3 Å². The molecule has 0 spiro atoms. The SMILES string of the molecule is CCOC(=O)C1CCN(C(=O)CN(C)C(=O)Cn2cccc(C(F)(F)F)c2=O)CC1. The van der Waals surface area contributed by atoms with Crippen molar-refractivity contribution in [1.82, 2.24) is 14.4 Å². The maximum atomic E-state index is 12.8. The third kappa shape index (κ3) is 5.83. The number of alkyl halides is 3. The second kappa shape index (κ2) is 9.77. The van der Waals surface area contributed by atoms with Crippen LogP contribution in [-0.4, -0.2) is 65.4 Å². The minimum atomic E-state index is -4.82. The molecule has 0 radical (unpaired) electrons. The number of carbonyl (C=O) groups is 3. The molecular weight excluding hydrogens is 407 g/mol. The quantitative estimate of drug-likeness (QED) is 0.630. The highest BCUT2D eigenvalue weighted by Crippen LogP contribution is 2.26. The molecule has 0 unspecified atom stereocenters. The summed E-state index contributed by atoms with van der Waals surface area (Å²) < 4.78 is 44.1. The summed E-state index contributed by atoms with van der Waals surface area (Å²) >= 11 is 0. The lowest BCUT2D eigenvalue weighted by atomic mass is 9.97. The zero-order valence-corrected chi connectivity index (χ0v) is 16.8. The van der Waals surface area contributed by atoms with Gasteiger partial charge in [-0.2, -0.15) is 13.2 Å². The Balaban J connectivity index is 1.92. The molecule has 0 N–H and O–H groups in total. The molecule has 1 aliphatic rings.